The molecule has 9 nitrogen and oxygen atoms in total. The number of thiazole rings is 1. The minimum atomic E-state index is -1.72. The molecule has 2 aromatic rings. The average Bonchev–Trinajstić information content (AvgIpc) is 2.99. The van der Waals surface area contributed by atoms with Gasteiger partial charge in [-0.25, -0.2) is 26.3 Å². The van der Waals surface area contributed by atoms with Crippen molar-refractivity contribution < 1.29 is 19.1 Å². The highest BCUT2D eigenvalue weighted by Crippen LogP contribution is 2.38. The summed E-state index contributed by atoms with van der Waals surface area (Å²) in [5, 5.41) is 0.732. The molecular weight excluding hydrogens is 358 g/mol. The lowest BCUT2D eigenvalue weighted by molar-refractivity contribution is -0.173. The lowest BCUT2D eigenvalue weighted by Gasteiger charge is -2.31. The van der Waals surface area contributed by atoms with Crippen LogP contribution in [0.2, 0.25) is 0 Å². The van der Waals surface area contributed by atoms with Crippen LogP contribution in [0.3, 0.4) is 0 Å². The van der Waals surface area contributed by atoms with Crippen LogP contribution in [0.4, 0.5) is 9.59 Å². The number of ether oxygens (including phenoxy) is 2. The molecule has 0 aliphatic heterocycles. The van der Waals surface area contributed by atoms with E-state index in [9.17, 15) is 9.59 Å². The van der Waals surface area contributed by atoms with Gasteiger partial charge in [0.05, 0.1) is 10.7 Å². The van der Waals surface area contributed by atoms with Gasteiger partial charge in [0.1, 0.15) is 4.88 Å². The fourth-order valence-corrected chi connectivity index (χ4v) is 3.54. The van der Waals surface area contributed by atoms with Crippen LogP contribution in [0.1, 0.15) is 27.6 Å². The van der Waals surface area contributed by atoms with Gasteiger partial charge in [0.2, 0.25) is 0 Å². The number of hydrogen-bond donors (Lipinski definition) is 4. The maximum absolute atomic E-state index is 11.9. The molecule has 0 fully saturated rings. The zero-order valence-electron chi connectivity index (χ0n) is 14.4. The Bertz CT molecular complexity index is 747. The molecular formula is C16H21N5O4S. The number of aryl methyl sites for hydroxylation is 3. The topological polar surface area (TPSA) is 142 Å². The van der Waals surface area contributed by atoms with Crippen molar-refractivity contribution in [2.24, 2.45) is 11.7 Å². The van der Waals surface area contributed by atoms with Crippen molar-refractivity contribution in [3.05, 3.63) is 51.5 Å². The molecule has 1 aromatic heterocycles. The number of nitrogens with zero attached hydrogens (tertiary/aromatic N) is 1. The normalized spacial score (nSPS) is 10.9. The maximum Gasteiger partial charge on any atom is 0.425 e. The summed E-state index contributed by atoms with van der Waals surface area (Å²) in [6.07, 6.45) is -1.28. The average molecular weight is 379 g/mol. The Hall–Kier alpha value is -2.69. The third-order valence-corrected chi connectivity index (χ3v) is 4.78. The van der Waals surface area contributed by atoms with Gasteiger partial charge in [0.15, 0.2) is 0 Å². The van der Waals surface area contributed by atoms with E-state index in [1.165, 1.54) is 11.3 Å². The summed E-state index contributed by atoms with van der Waals surface area (Å²) in [6, 6.07) is 9.51. The van der Waals surface area contributed by atoms with Crippen LogP contribution in [0.5, 0.6) is 0 Å². The zero-order chi connectivity index (χ0) is 19.2. The number of carbonyl (C=O) groups is 2. The highest BCUT2D eigenvalue weighted by molar-refractivity contribution is 7.11. The highest BCUT2D eigenvalue weighted by Gasteiger charge is 2.44. The summed E-state index contributed by atoms with van der Waals surface area (Å²) in [5.74, 6) is 8.58. The summed E-state index contributed by atoms with van der Waals surface area (Å²) in [6.45, 7) is 3.54. The molecule has 0 aliphatic rings. The minimum absolute atomic E-state index is 0.153. The molecule has 6 N–H and O–H groups in total. The first kappa shape index (κ1) is 19.6. The van der Waals surface area contributed by atoms with E-state index in [0.29, 0.717) is 17.0 Å². The third kappa shape index (κ3) is 4.69. The monoisotopic (exact) mass is 379 g/mol. The van der Waals surface area contributed by atoms with Gasteiger partial charge >= 0.3 is 12.2 Å². The quantitative estimate of drug-likeness (QED) is 0.259. The Labute approximate surface area is 154 Å². The number of hydrazine groups is 2. The number of nitrogens with two attached hydrogens (primary N) is 2. The van der Waals surface area contributed by atoms with Crippen molar-refractivity contribution in [2.75, 3.05) is 0 Å². The largest absolute Gasteiger partial charge is 0.425 e. The van der Waals surface area contributed by atoms with Crippen molar-refractivity contribution in [3.8, 4) is 0 Å². The molecule has 1 aromatic carbocycles. The van der Waals surface area contributed by atoms with Crippen LogP contribution in [0.25, 0.3) is 0 Å². The summed E-state index contributed by atoms with van der Waals surface area (Å²) < 4.78 is 10.8. The first-order valence-corrected chi connectivity index (χ1v) is 8.59. The number of rotatable bonds is 6. The van der Waals surface area contributed by atoms with Gasteiger partial charge in [0.25, 0.3) is 5.79 Å². The summed E-state index contributed by atoms with van der Waals surface area (Å²) in [4.78, 5) is 28.6. The predicted octanol–water partition coefficient (Wildman–Crippen LogP) is 1.75. The molecule has 2 amide bonds. The summed E-state index contributed by atoms with van der Waals surface area (Å²) in [7, 11) is 0. The Morgan fingerprint density at radius 3 is 2.15 bits per heavy atom. The molecule has 0 bridgehead atoms. The van der Waals surface area contributed by atoms with Crippen molar-refractivity contribution >= 4 is 23.5 Å². The van der Waals surface area contributed by atoms with E-state index in [2.05, 4.69) is 4.98 Å². The number of nitrogens with one attached hydrogen (secondary N) is 2. The van der Waals surface area contributed by atoms with Crippen molar-refractivity contribution in [1.82, 2.24) is 15.8 Å². The standard InChI is InChI=1S/C16H21N5O4S/c1-10-13(26-11(2)19-10)16(24-14(22)20-17,25-15(23)21-18)9-8-12-6-4-3-5-7-12/h3-7H,8-9,17-18H2,1-2H3,(H,20,22)(H,21,23). The van der Waals surface area contributed by atoms with E-state index >= 15 is 0 Å². The second-order valence-electron chi connectivity index (χ2n) is 5.45. The van der Waals surface area contributed by atoms with E-state index in [4.69, 9.17) is 21.2 Å². The molecule has 0 spiro atoms. The van der Waals surface area contributed by atoms with Crippen LogP contribution in [0, 0.1) is 13.8 Å². The van der Waals surface area contributed by atoms with Gasteiger partial charge in [-0.05, 0) is 25.8 Å². The minimum Gasteiger partial charge on any atom is -0.400 e. The van der Waals surface area contributed by atoms with Crippen molar-refractivity contribution in [3.63, 3.8) is 0 Å². The number of amides is 2. The van der Waals surface area contributed by atoms with Crippen LogP contribution in [-0.2, 0) is 21.7 Å². The summed E-state index contributed by atoms with van der Waals surface area (Å²) in [5.41, 5.74) is 5.33. The van der Waals surface area contributed by atoms with Gasteiger partial charge in [-0.15, -0.1) is 11.3 Å². The third-order valence-electron chi connectivity index (χ3n) is 3.59. The van der Waals surface area contributed by atoms with E-state index in [0.717, 1.165) is 10.6 Å². The molecule has 0 atom stereocenters. The van der Waals surface area contributed by atoms with E-state index in [1.807, 2.05) is 41.2 Å². The number of benzene rings is 1. The van der Waals surface area contributed by atoms with Gasteiger partial charge < -0.3 is 9.47 Å². The molecule has 0 saturated heterocycles. The molecule has 0 saturated carbocycles. The Morgan fingerprint density at radius 2 is 1.69 bits per heavy atom. The van der Waals surface area contributed by atoms with E-state index < -0.39 is 18.0 Å². The maximum atomic E-state index is 11.9. The number of carbonyl (C=O) groups excluding carboxylic acids is 2. The highest BCUT2D eigenvalue weighted by atomic mass is 32.1. The molecule has 0 aliphatic carbocycles. The Kier molecular flexibility index (Phi) is 6.50. The SMILES string of the molecule is Cc1nc(C)c(C(CCc2ccccc2)(OC(=O)NN)OC(=O)NN)s1. The fraction of sp³-hybridized carbons (Fsp3) is 0.312. The van der Waals surface area contributed by atoms with Crippen LogP contribution >= 0.6 is 11.3 Å². The smallest absolute Gasteiger partial charge is 0.400 e. The van der Waals surface area contributed by atoms with Crippen LogP contribution in [-0.4, -0.2) is 17.2 Å². The van der Waals surface area contributed by atoms with Gasteiger partial charge in [-0.2, -0.15) is 0 Å². The number of aromatic nitrogens is 1. The van der Waals surface area contributed by atoms with E-state index in [1.54, 1.807) is 13.8 Å². The fourth-order valence-electron chi connectivity index (χ4n) is 2.53. The van der Waals surface area contributed by atoms with Crippen molar-refractivity contribution in [2.45, 2.75) is 32.5 Å². The predicted molar refractivity (Wildman–Crippen MR) is 95.6 cm³/mol. The molecule has 1 heterocycles. The molecule has 10 heteroatoms. The second kappa shape index (κ2) is 8.61. The Balaban J connectivity index is 2.45. The van der Waals surface area contributed by atoms with Crippen molar-refractivity contribution in [1.29, 1.82) is 0 Å². The lowest BCUT2D eigenvalue weighted by atomic mass is 10.0. The number of hydrogen-bond acceptors (Lipinski definition) is 8. The molecule has 26 heavy (non-hydrogen) atoms. The van der Waals surface area contributed by atoms with Gasteiger partial charge in [-0.3, -0.25) is 10.9 Å². The zero-order valence-corrected chi connectivity index (χ0v) is 15.3. The van der Waals surface area contributed by atoms with Gasteiger partial charge in [0, 0.05) is 6.42 Å². The van der Waals surface area contributed by atoms with E-state index in [-0.39, 0.29) is 6.42 Å². The summed E-state index contributed by atoms with van der Waals surface area (Å²) >= 11 is 1.26. The lowest BCUT2D eigenvalue weighted by Crippen LogP contribution is -2.46. The first-order chi connectivity index (χ1) is 12.4. The Morgan fingerprint density at radius 1 is 1.12 bits per heavy atom. The molecule has 2 rings (SSSR count). The molecule has 140 valence electrons. The first-order valence-electron chi connectivity index (χ1n) is 7.78. The van der Waals surface area contributed by atoms with Crippen LogP contribution < -0.4 is 22.5 Å². The molecule has 0 radical (unpaired) electrons. The van der Waals surface area contributed by atoms with Crippen LogP contribution in [0.15, 0.2) is 30.3 Å². The molecule has 0 unspecified atom stereocenters. The van der Waals surface area contributed by atoms with Gasteiger partial charge in [-0.1, -0.05) is 30.3 Å². The second-order valence-corrected chi connectivity index (χ2v) is 6.66.